The molecule has 1 N–H and O–H groups in total. The van der Waals surface area contributed by atoms with Crippen molar-refractivity contribution in [1.82, 2.24) is 9.62 Å². The van der Waals surface area contributed by atoms with Crippen LogP contribution >= 0.6 is 0 Å². The van der Waals surface area contributed by atoms with Crippen molar-refractivity contribution in [3.8, 4) is 0 Å². The summed E-state index contributed by atoms with van der Waals surface area (Å²) in [6.45, 7) is 5.43. The summed E-state index contributed by atoms with van der Waals surface area (Å²) in [4.78, 5) is 0. The predicted octanol–water partition coefficient (Wildman–Crippen LogP) is 0.408. The zero-order valence-electron chi connectivity index (χ0n) is 9.16. The molecule has 0 radical (unpaired) electrons. The van der Waals surface area contributed by atoms with Crippen LogP contribution in [0.3, 0.4) is 0 Å². The summed E-state index contributed by atoms with van der Waals surface area (Å²) in [6, 6.07) is 0.0508. The topological polar surface area (TPSA) is 49.4 Å². The van der Waals surface area contributed by atoms with E-state index in [1.807, 2.05) is 13.8 Å². The fourth-order valence-corrected chi connectivity index (χ4v) is 3.51. The summed E-state index contributed by atoms with van der Waals surface area (Å²) in [5, 5.41) is 2.99. The molecule has 0 aliphatic carbocycles. The van der Waals surface area contributed by atoms with Gasteiger partial charge in [-0.05, 0) is 39.8 Å². The van der Waals surface area contributed by atoms with Crippen LogP contribution < -0.4 is 5.32 Å². The number of piperidine rings is 1. The van der Waals surface area contributed by atoms with Crippen LogP contribution in [0.4, 0.5) is 0 Å². The number of nitrogens with one attached hydrogen (secondary N) is 1. The van der Waals surface area contributed by atoms with E-state index < -0.39 is 10.0 Å². The highest BCUT2D eigenvalue weighted by Gasteiger charge is 2.31. The molecule has 0 amide bonds. The van der Waals surface area contributed by atoms with E-state index in [1.54, 1.807) is 7.05 Å². The Hall–Kier alpha value is -0.130. The molecule has 0 atom stereocenters. The molecule has 5 heteroatoms. The molecule has 0 aromatic heterocycles. The molecular weight excluding hydrogens is 200 g/mol. The molecule has 1 aliphatic heterocycles. The Morgan fingerprint density at radius 3 is 2.21 bits per heavy atom. The second-order valence-electron chi connectivity index (χ2n) is 4.10. The van der Waals surface area contributed by atoms with Crippen LogP contribution in [0, 0.1) is 0 Å². The molecule has 4 nitrogen and oxygen atoms in total. The third-order valence-electron chi connectivity index (χ3n) is 2.84. The fourth-order valence-electron chi connectivity index (χ4n) is 1.62. The highest BCUT2D eigenvalue weighted by molar-refractivity contribution is 7.89. The van der Waals surface area contributed by atoms with Gasteiger partial charge in [-0.3, -0.25) is 0 Å². The van der Waals surface area contributed by atoms with Gasteiger partial charge in [0.25, 0.3) is 0 Å². The number of hydrogen-bond donors (Lipinski definition) is 1. The average Bonchev–Trinajstić information content (AvgIpc) is 2.18. The summed E-state index contributed by atoms with van der Waals surface area (Å²) in [7, 11) is -1.40. The van der Waals surface area contributed by atoms with Gasteiger partial charge >= 0.3 is 0 Å². The fraction of sp³-hybridized carbons (Fsp3) is 1.00. The van der Waals surface area contributed by atoms with E-state index in [0.29, 0.717) is 0 Å². The molecule has 1 aliphatic rings. The second-order valence-corrected chi connectivity index (χ2v) is 6.38. The van der Waals surface area contributed by atoms with Gasteiger partial charge in [-0.15, -0.1) is 0 Å². The minimum atomic E-state index is -3.07. The normalized spacial score (nSPS) is 20.6. The summed E-state index contributed by atoms with van der Waals surface area (Å²) >= 11 is 0. The SMILES string of the molecule is CC(C)N(C)S(=O)(=O)C1CCNCC1. The maximum absolute atomic E-state index is 12.0. The van der Waals surface area contributed by atoms with Crippen molar-refractivity contribution in [3.63, 3.8) is 0 Å². The van der Waals surface area contributed by atoms with Crippen molar-refractivity contribution in [2.75, 3.05) is 20.1 Å². The largest absolute Gasteiger partial charge is 0.317 e. The quantitative estimate of drug-likeness (QED) is 0.749. The van der Waals surface area contributed by atoms with Gasteiger partial charge in [-0.2, -0.15) is 0 Å². The Morgan fingerprint density at radius 1 is 1.29 bits per heavy atom. The Balaban J connectivity index is 2.73. The van der Waals surface area contributed by atoms with Crippen molar-refractivity contribution in [3.05, 3.63) is 0 Å². The minimum Gasteiger partial charge on any atom is -0.317 e. The standard InChI is InChI=1S/C9H20N2O2S/c1-8(2)11(3)14(12,13)9-4-6-10-7-5-9/h8-10H,4-7H2,1-3H3. The Morgan fingerprint density at radius 2 is 1.79 bits per heavy atom. The lowest BCUT2D eigenvalue weighted by Gasteiger charge is -2.29. The Labute approximate surface area is 86.7 Å². The first-order valence-corrected chi connectivity index (χ1v) is 6.64. The van der Waals surface area contributed by atoms with Gasteiger partial charge in [0.15, 0.2) is 0 Å². The number of rotatable bonds is 3. The van der Waals surface area contributed by atoms with Crippen LogP contribution in [-0.2, 0) is 10.0 Å². The molecule has 1 heterocycles. The van der Waals surface area contributed by atoms with Crippen LogP contribution in [0.5, 0.6) is 0 Å². The van der Waals surface area contributed by atoms with E-state index in [-0.39, 0.29) is 11.3 Å². The first-order valence-electron chi connectivity index (χ1n) is 5.14. The summed E-state index contributed by atoms with van der Waals surface area (Å²) < 4.78 is 25.5. The van der Waals surface area contributed by atoms with Crippen LogP contribution in [0.1, 0.15) is 26.7 Å². The lowest BCUT2D eigenvalue weighted by atomic mass is 10.2. The molecule has 0 spiro atoms. The summed E-state index contributed by atoms with van der Waals surface area (Å²) in [5.41, 5.74) is 0. The maximum Gasteiger partial charge on any atom is 0.217 e. The van der Waals surface area contributed by atoms with Crippen molar-refractivity contribution in [1.29, 1.82) is 0 Å². The van der Waals surface area contributed by atoms with Gasteiger partial charge in [0.2, 0.25) is 10.0 Å². The van der Waals surface area contributed by atoms with Gasteiger partial charge in [0.05, 0.1) is 5.25 Å². The molecule has 14 heavy (non-hydrogen) atoms. The molecule has 0 bridgehead atoms. The second kappa shape index (κ2) is 4.59. The molecule has 1 rings (SSSR count). The molecule has 0 aromatic rings. The average molecular weight is 220 g/mol. The van der Waals surface area contributed by atoms with Crippen molar-refractivity contribution < 1.29 is 8.42 Å². The minimum absolute atomic E-state index is 0.0508. The number of hydrogen-bond acceptors (Lipinski definition) is 3. The van der Waals surface area contributed by atoms with Gasteiger partial charge in [0, 0.05) is 13.1 Å². The van der Waals surface area contributed by atoms with Crippen LogP contribution in [0.2, 0.25) is 0 Å². The van der Waals surface area contributed by atoms with Gasteiger partial charge in [0.1, 0.15) is 0 Å². The molecule has 1 fully saturated rings. The van der Waals surface area contributed by atoms with E-state index in [4.69, 9.17) is 0 Å². The lowest BCUT2D eigenvalue weighted by molar-refractivity contribution is 0.389. The monoisotopic (exact) mass is 220 g/mol. The third kappa shape index (κ3) is 2.46. The van der Waals surface area contributed by atoms with Crippen molar-refractivity contribution in [2.24, 2.45) is 0 Å². The molecule has 84 valence electrons. The van der Waals surface area contributed by atoms with Crippen LogP contribution in [-0.4, -0.2) is 44.2 Å². The highest BCUT2D eigenvalue weighted by atomic mass is 32.2. The first kappa shape index (κ1) is 11.9. The summed E-state index contributed by atoms with van der Waals surface area (Å²) in [5.74, 6) is 0. The number of nitrogens with zero attached hydrogens (tertiary/aromatic N) is 1. The maximum atomic E-state index is 12.0. The van der Waals surface area contributed by atoms with E-state index in [1.165, 1.54) is 4.31 Å². The van der Waals surface area contributed by atoms with Gasteiger partial charge < -0.3 is 5.32 Å². The van der Waals surface area contributed by atoms with Gasteiger partial charge in [-0.25, -0.2) is 12.7 Å². The van der Waals surface area contributed by atoms with E-state index in [2.05, 4.69) is 5.32 Å². The van der Waals surface area contributed by atoms with Crippen molar-refractivity contribution >= 4 is 10.0 Å². The first-order chi connectivity index (χ1) is 6.46. The molecule has 0 unspecified atom stereocenters. The van der Waals surface area contributed by atoms with Crippen LogP contribution in [0.15, 0.2) is 0 Å². The molecule has 1 saturated heterocycles. The zero-order valence-corrected chi connectivity index (χ0v) is 9.97. The van der Waals surface area contributed by atoms with Crippen molar-refractivity contribution in [2.45, 2.75) is 38.0 Å². The van der Waals surface area contributed by atoms with E-state index in [9.17, 15) is 8.42 Å². The third-order valence-corrected chi connectivity index (χ3v) is 5.37. The van der Waals surface area contributed by atoms with Crippen LogP contribution in [0.25, 0.3) is 0 Å². The lowest BCUT2D eigenvalue weighted by Crippen LogP contribution is -2.44. The van der Waals surface area contributed by atoms with E-state index in [0.717, 1.165) is 25.9 Å². The molecular formula is C9H20N2O2S. The van der Waals surface area contributed by atoms with Gasteiger partial charge in [-0.1, -0.05) is 0 Å². The highest BCUT2D eigenvalue weighted by Crippen LogP contribution is 2.18. The predicted molar refractivity (Wildman–Crippen MR) is 57.7 cm³/mol. The Bertz CT molecular complexity index is 269. The number of sulfonamides is 1. The Kier molecular flexibility index (Phi) is 3.92. The smallest absolute Gasteiger partial charge is 0.217 e. The molecule has 0 saturated carbocycles. The summed E-state index contributed by atoms with van der Waals surface area (Å²) in [6.07, 6.45) is 1.47. The van der Waals surface area contributed by atoms with E-state index >= 15 is 0 Å². The molecule has 0 aromatic carbocycles. The zero-order chi connectivity index (χ0) is 10.8.